The summed E-state index contributed by atoms with van der Waals surface area (Å²) in [6.07, 6.45) is 1.52. The zero-order chi connectivity index (χ0) is 14.0. The molecule has 1 aliphatic rings. The standard InChI is InChI=1S/C13H19NO4/c1-7(2)5-10(13(17)18)14-11(15)6-9(8(3)4)12(14)16/h6-8,10H,5H2,1-4H3,(H,17,18)/t10-/m0/s1. The monoisotopic (exact) mass is 253 g/mol. The molecule has 1 rings (SSSR count). The van der Waals surface area contributed by atoms with E-state index in [1.165, 1.54) is 6.08 Å². The minimum atomic E-state index is -1.14. The molecule has 1 N–H and O–H groups in total. The van der Waals surface area contributed by atoms with Gasteiger partial charge in [0, 0.05) is 11.6 Å². The Balaban J connectivity index is 2.99. The molecule has 100 valence electrons. The maximum absolute atomic E-state index is 12.1. The van der Waals surface area contributed by atoms with Gasteiger partial charge >= 0.3 is 5.97 Å². The summed E-state index contributed by atoms with van der Waals surface area (Å²) in [6.45, 7) is 7.33. The van der Waals surface area contributed by atoms with Gasteiger partial charge in [-0.15, -0.1) is 0 Å². The lowest BCUT2D eigenvalue weighted by Gasteiger charge is -2.24. The Morgan fingerprint density at radius 3 is 2.17 bits per heavy atom. The molecule has 0 saturated heterocycles. The second-order valence-electron chi connectivity index (χ2n) is 5.25. The highest BCUT2D eigenvalue weighted by Gasteiger charge is 2.40. The molecule has 0 aromatic heterocycles. The molecule has 0 radical (unpaired) electrons. The van der Waals surface area contributed by atoms with Crippen molar-refractivity contribution < 1.29 is 19.5 Å². The van der Waals surface area contributed by atoms with E-state index in [-0.39, 0.29) is 18.3 Å². The highest BCUT2D eigenvalue weighted by atomic mass is 16.4. The maximum Gasteiger partial charge on any atom is 0.326 e. The first kappa shape index (κ1) is 14.4. The predicted octanol–water partition coefficient (Wildman–Crippen LogP) is 1.44. The molecule has 0 aromatic carbocycles. The summed E-state index contributed by atoms with van der Waals surface area (Å²) < 4.78 is 0. The summed E-state index contributed by atoms with van der Waals surface area (Å²) in [5.74, 6) is -2.11. The van der Waals surface area contributed by atoms with E-state index in [9.17, 15) is 19.5 Å². The van der Waals surface area contributed by atoms with Crippen LogP contribution < -0.4 is 0 Å². The van der Waals surface area contributed by atoms with Gasteiger partial charge in [-0.05, 0) is 18.3 Å². The largest absolute Gasteiger partial charge is 0.480 e. The lowest BCUT2D eigenvalue weighted by atomic mass is 10.0. The minimum absolute atomic E-state index is 0.0834. The lowest BCUT2D eigenvalue weighted by Crippen LogP contribution is -2.46. The van der Waals surface area contributed by atoms with Crippen molar-refractivity contribution in [3.05, 3.63) is 11.6 Å². The van der Waals surface area contributed by atoms with E-state index >= 15 is 0 Å². The molecule has 1 aliphatic heterocycles. The third-order valence-electron chi connectivity index (χ3n) is 2.90. The van der Waals surface area contributed by atoms with Crippen LogP contribution in [0.5, 0.6) is 0 Å². The van der Waals surface area contributed by atoms with Crippen molar-refractivity contribution in [2.24, 2.45) is 11.8 Å². The molecule has 5 nitrogen and oxygen atoms in total. The SMILES string of the molecule is CC(C)C[C@@H](C(=O)O)N1C(=O)C=C(C(C)C)C1=O. The zero-order valence-corrected chi connectivity index (χ0v) is 11.1. The Labute approximate surface area is 106 Å². The van der Waals surface area contributed by atoms with Gasteiger partial charge in [-0.25, -0.2) is 4.79 Å². The van der Waals surface area contributed by atoms with Crippen LogP contribution in [-0.4, -0.2) is 33.8 Å². The number of nitrogens with zero attached hydrogens (tertiary/aromatic N) is 1. The Morgan fingerprint density at radius 2 is 1.83 bits per heavy atom. The van der Waals surface area contributed by atoms with Gasteiger partial charge in [0.15, 0.2) is 0 Å². The number of imide groups is 1. The Kier molecular flexibility index (Phi) is 4.27. The van der Waals surface area contributed by atoms with Crippen LogP contribution in [0.25, 0.3) is 0 Å². The van der Waals surface area contributed by atoms with Crippen molar-refractivity contribution in [2.45, 2.75) is 40.2 Å². The van der Waals surface area contributed by atoms with Crippen molar-refractivity contribution in [1.29, 1.82) is 0 Å². The van der Waals surface area contributed by atoms with Gasteiger partial charge < -0.3 is 5.11 Å². The van der Waals surface area contributed by atoms with Crippen LogP contribution in [0.1, 0.15) is 34.1 Å². The fourth-order valence-electron chi connectivity index (χ4n) is 1.98. The third-order valence-corrected chi connectivity index (χ3v) is 2.90. The quantitative estimate of drug-likeness (QED) is 0.752. The van der Waals surface area contributed by atoms with Crippen LogP contribution in [0.2, 0.25) is 0 Å². The number of aliphatic carboxylic acids is 1. The number of carboxylic acids is 1. The summed E-state index contributed by atoms with van der Waals surface area (Å²) in [4.78, 5) is 35.9. The van der Waals surface area contributed by atoms with E-state index < -0.39 is 23.8 Å². The summed E-state index contributed by atoms with van der Waals surface area (Å²) >= 11 is 0. The highest BCUT2D eigenvalue weighted by Crippen LogP contribution is 2.24. The van der Waals surface area contributed by atoms with Gasteiger partial charge in [0.1, 0.15) is 6.04 Å². The number of carbonyl (C=O) groups is 3. The van der Waals surface area contributed by atoms with E-state index in [4.69, 9.17) is 0 Å². The van der Waals surface area contributed by atoms with Gasteiger partial charge in [0.05, 0.1) is 0 Å². The molecule has 0 aliphatic carbocycles. The molecule has 18 heavy (non-hydrogen) atoms. The van der Waals surface area contributed by atoms with Gasteiger partial charge in [-0.2, -0.15) is 0 Å². The average molecular weight is 253 g/mol. The van der Waals surface area contributed by atoms with Gasteiger partial charge in [-0.3, -0.25) is 14.5 Å². The molecular weight excluding hydrogens is 234 g/mol. The number of carbonyl (C=O) groups excluding carboxylic acids is 2. The molecular formula is C13H19NO4. The van der Waals surface area contributed by atoms with Crippen LogP contribution >= 0.6 is 0 Å². The Morgan fingerprint density at radius 1 is 1.28 bits per heavy atom. The van der Waals surface area contributed by atoms with Crippen LogP contribution in [0.3, 0.4) is 0 Å². The average Bonchev–Trinajstić information content (AvgIpc) is 2.51. The minimum Gasteiger partial charge on any atom is -0.480 e. The fourth-order valence-corrected chi connectivity index (χ4v) is 1.98. The van der Waals surface area contributed by atoms with Crippen molar-refractivity contribution in [2.75, 3.05) is 0 Å². The highest BCUT2D eigenvalue weighted by molar-refractivity contribution is 6.17. The van der Waals surface area contributed by atoms with Crippen LogP contribution in [0.15, 0.2) is 11.6 Å². The van der Waals surface area contributed by atoms with Crippen LogP contribution in [-0.2, 0) is 14.4 Å². The van der Waals surface area contributed by atoms with E-state index in [1.807, 2.05) is 13.8 Å². The smallest absolute Gasteiger partial charge is 0.326 e. The molecule has 1 atom stereocenters. The van der Waals surface area contributed by atoms with Crippen molar-refractivity contribution in [3.8, 4) is 0 Å². The maximum atomic E-state index is 12.1. The number of carboxylic acid groups (broad SMARTS) is 1. The van der Waals surface area contributed by atoms with E-state index in [2.05, 4.69) is 0 Å². The molecule has 0 fully saturated rings. The van der Waals surface area contributed by atoms with Gasteiger partial charge in [-0.1, -0.05) is 27.7 Å². The Bertz CT molecular complexity index is 409. The lowest BCUT2D eigenvalue weighted by molar-refractivity contribution is -0.154. The molecule has 2 amide bonds. The first-order valence-electron chi connectivity index (χ1n) is 6.07. The second kappa shape index (κ2) is 5.33. The number of amides is 2. The summed E-state index contributed by atoms with van der Waals surface area (Å²) in [5.41, 5.74) is 0.384. The first-order valence-corrected chi connectivity index (χ1v) is 6.07. The molecule has 0 bridgehead atoms. The number of hydrogen-bond acceptors (Lipinski definition) is 3. The zero-order valence-electron chi connectivity index (χ0n) is 11.1. The molecule has 0 aromatic rings. The van der Waals surface area contributed by atoms with Gasteiger partial charge in [0.25, 0.3) is 11.8 Å². The number of hydrogen-bond donors (Lipinski definition) is 1. The van der Waals surface area contributed by atoms with Gasteiger partial charge in [0.2, 0.25) is 0 Å². The third kappa shape index (κ3) is 2.78. The molecule has 0 spiro atoms. The predicted molar refractivity (Wildman–Crippen MR) is 65.7 cm³/mol. The molecule has 5 heteroatoms. The summed E-state index contributed by atoms with van der Waals surface area (Å²) in [7, 11) is 0. The van der Waals surface area contributed by atoms with E-state index in [0.29, 0.717) is 5.57 Å². The first-order chi connectivity index (χ1) is 8.25. The molecule has 0 saturated carbocycles. The van der Waals surface area contributed by atoms with Crippen molar-refractivity contribution in [3.63, 3.8) is 0 Å². The van der Waals surface area contributed by atoms with Crippen molar-refractivity contribution in [1.82, 2.24) is 4.90 Å². The van der Waals surface area contributed by atoms with E-state index in [1.54, 1.807) is 13.8 Å². The molecule has 1 heterocycles. The molecule has 0 unspecified atom stereocenters. The van der Waals surface area contributed by atoms with Crippen LogP contribution in [0.4, 0.5) is 0 Å². The van der Waals surface area contributed by atoms with E-state index in [0.717, 1.165) is 4.90 Å². The Hall–Kier alpha value is -1.65. The summed E-state index contributed by atoms with van der Waals surface area (Å²) in [5, 5.41) is 9.17. The summed E-state index contributed by atoms with van der Waals surface area (Å²) in [6, 6.07) is -1.07. The topological polar surface area (TPSA) is 74.7 Å². The number of rotatable bonds is 5. The van der Waals surface area contributed by atoms with Crippen molar-refractivity contribution >= 4 is 17.8 Å². The fraction of sp³-hybridized carbons (Fsp3) is 0.615. The van der Waals surface area contributed by atoms with Crippen LogP contribution in [0, 0.1) is 11.8 Å². The second-order valence-corrected chi connectivity index (χ2v) is 5.25. The normalized spacial score (nSPS) is 17.7.